The van der Waals surface area contributed by atoms with E-state index in [9.17, 15) is 9.59 Å². The molecule has 262 valence electrons. The number of halogens is 2. The largest absolute Gasteiger partial charge is 0.466 e. The Hall–Kier alpha value is -3.67. The maximum absolute atomic E-state index is 12.6. The van der Waals surface area contributed by atoms with Crippen molar-refractivity contribution in [3.63, 3.8) is 0 Å². The van der Waals surface area contributed by atoms with E-state index in [4.69, 9.17) is 42.4 Å². The van der Waals surface area contributed by atoms with E-state index in [2.05, 4.69) is 19.8 Å². The molecule has 0 bridgehead atoms. The second-order valence-corrected chi connectivity index (χ2v) is 14.8. The maximum Gasteiger partial charge on any atom is 0.410 e. The summed E-state index contributed by atoms with van der Waals surface area (Å²) < 4.78 is 17.1. The van der Waals surface area contributed by atoms with E-state index in [-0.39, 0.29) is 18.0 Å². The molecule has 1 aliphatic carbocycles. The van der Waals surface area contributed by atoms with Crippen molar-refractivity contribution in [3.05, 3.63) is 58.3 Å². The number of likely N-dealkylation sites (tertiary alicyclic amines) is 1. The third kappa shape index (κ3) is 9.12. The van der Waals surface area contributed by atoms with Gasteiger partial charge in [0, 0.05) is 54.4 Å². The number of anilines is 1. The molecule has 4 heterocycles. The molecule has 1 amide bonds. The molecule has 1 aromatic carbocycles. The molecule has 3 atom stereocenters. The first-order valence-electron chi connectivity index (χ1n) is 17.0. The Morgan fingerprint density at radius 3 is 2.24 bits per heavy atom. The minimum atomic E-state index is -0.540. The fourth-order valence-corrected chi connectivity index (χ4v) is 7.36. The number of benzene rings is 1. The third-order valence-electron chi connectivity index (χ3n) is 9.14. The quantitative estimate of drug-likeness (QED) is 0.224. The lowest BCUT2D eigenvalue weighted by Gasteiger charge is -2.26. The maximum atomic E-state index is 12.6. The zero-order chi connectivity index (χ0) is 34.7. The Kier molecular flexibility index (Phi) is 10.8. The fourth-order valence-electron chi connectivity index (χ4n) is 6.84. The summed E-state index contributed by atoms with van der Waals surface area (Å²) in [6, 6.07) is 9.35. The number of pyridine rings is 1. The number of aromatic nitrogens is 3. The van der Waals surface area contributed by atoms with Gasteiger partial charge in [0.1, 0.15) is 5.60 Å². The van der Waals surface area contributed by atoms with Crippen molar-refractivity contribution in [2.24, 2.45) is 17.8 Å². The number of ether oxygens (including phenoxy) is 3. The molecule has 6 rings (SSSR count). The average Bonchev–Trinajstić information content (AvgIpc) is 3.81. The van der Waals surface area contributed by atoms with E-state index in [1.54, 1.807) is 23.4 Å². The number of esters is 1. The Labute approximate surface area is 297 Å². The van der Waals surface area contributed by atoms with Gasteiger partial charge < -0.3 is 24.0 Å². The Bertz CT molecular complexity index is 1620. The number of carbonyl (C=O) groups is 2. The first kappa shape index (κ1) is 35.2. The number of fused-ring (bicyclic) bond motifs is 1. The van der Waals surface area contributed by atoms with Crippen LogP contribution in [0.15, 0.2) is 42.7 Å². The second kappa shape index (κ2) is 15.1. The predicted molar refractivity (Wildman–Crippen MR) is 188 cm³/mol. The van der Waals surface area contributed by atoms with E-state index >= 15 is 0 Å². The molecule has 49 heavy (non-hydrogen) atoms. The summed E-state index contributed by atoms with van der Waals surface area (Å²) >= 11 is 12.7. The highest BCUT2D eigenvalue weighted by atomic mass is 35.5. The zero-order valence-corrected chi connectivity index (χ0v) is 30.0. The molecule has 2 aliphatic heterocycles. The van der Waals surface area contributed by atoms with Gasteiger partial charge in [-0.3, -0.25) is 9.69 Å². The summed E-state index contributed by atoms with van der Waals surface area (Å²) in [5.74, 6) is 2.26. The molecule has 1 saturated carbocycles. The van der Waals surface area contributed by atoms with E-state index < -0.39 is 5.60 Å². The average molecular weight is 712 g/mol. The van der Waals surface area contributed by atoms with Gasteiger partial charge in [0.05, 0.1) is 30.6 Å². The van der Waals surface area contributed by atoms with E-state index in [0.29, 0.717) is 77.9 Å². The van der Waals surface area contributed by atoms with Gasteiger partial charge >= 0.3 is 12.1 Å². The fraction of sp³-hybridized carbons (Fsp3) is 0.528. The van der Waals surface area contributed by atoms with Gasteiger partial charge in [-0.25, -0.2) is 19.7 Å². The zero-order valence-electron chi connectivity index (χ0n) is 28.5. The van der Waals surface area contributed by atoms with Gasteiger partial charge in [-0.05, 0) is 102 Å². The standard InChI is InChI=1S/C36H44Cl2N6O5/c1-5-47-33(45)32-28-7-11-42(12-8-29(28)32)22-23-15-30(24-17-25(37)19-26(38)18-24)41-31(16-23)48-27-20-39-34(40-21-27)43-9-6-10-44(14-13-43)35(46)49-36(2,3)4/h15-21,28-29,32H,5-14,22H2,1-4H3/t28-,29+,32+. The van der Waals surface area contributed by atoms with Gasteiger partial charge in [-0.15, -0.1) is 0 Å². The van der Waals surface area contributed by atoms with Crippen LogP contribution >= 0.6 is 23.2 Å². The van der Waals surface area contributed by atoms with Gasteiger partial charge in [-0.1, -0.05) is 23.2 Å². The van der Waals surface area contributed by atoms with E-state index in [1.165, 1.54) is 0 Å². The molecule has 3 aromatic rings. The molecule has 0 radical (unpaired) electrons. The van der Waals surface area contributed by atoms with Gasteiger partial charge in [-0.2, -0.15) is 0 Å². The van der Waals surface area contributed by atoms with E-state index in [1.807, 2.05) is 52.0 Å². The van der Waals surface area contributed by atoms with Crippen LogP contribution in [0.5, 0.6) is 11.6 Å². The number of carbonyl (C=O) groups excluding carboxylic acids is 2. The summed E-state index contributed by atoms with van der Waals surface area (Å²) in [6.45, 7) is 12.8. The van der Waals surface area contributed by atoms with Crippen molar-refractivity contribution in [2.75, 3.05) is 50.8 Å². The predicted octanol–water partition coefficient (Wildman–Crippen LogP) is 7.11. The summed E-state index contributed by atoms with van der Waals surface area (Å²) in [6.07, 6.45) is 5.70. The lowest BCUT2D eigenvalue weighted by atomic mass is 10.1. The summed E-state index contributed by atoms with van der Waals surface area (Å²) in [4.78, 5) is 45.2. The van der Waals surface area contributed by atoms with Gasteiger partial charge in [0.2, 0.25) is 11.8 Å². The Morgan fingerprint density at radius 1 is 0.898 bits per heavy atom. The number of hydrogen-bond acceptors (Lipinski definition) is 10. The van der Waals surface area contributed by atoms with Crippen molar-refractivity contribution in [1.82, 2.24) is 24.8 Å². The van der Waals surface area contributed by atoms with Crippen LogP contribution in [0.25, 0.3) is 11.3 Å². The minimum Gasteiger partial charge on any atom is -0.466 e. The van der Waals surface area contributed by atoms with Crippen LogP contribution in [0.2, 0.25) is 10.0 Å². The molecule has 0 N–H and O–H groups in total. The number of amides is 1. The smallest absolute Gasteiger partial charge is 0.410 e. The van der Waals surface area contributed by atoms with Crippen molar-refractivity contribution in [2.45, 2.75) is 59.1 Å². The van der Waals surface area contributed by atoms with Crippen LogP contribution in [-0.4, -0.2) is 88.3 Å². The molecular formula is C36H44Cl2N6O5. The number of hydrogen-bond donors (Lipinski definition) is 0. The number of nitrogens with zero attached hydrogens (tertiary/aromatic N) is 6. The normalized spacial score (nSPS) is 21.3. The molecule has 3 fully saturated rings. The summed E-state index contributed by atoms with van der Waals surface area (Å²) in [5.41, 5.74) is 1.97. The molecule has 2 aromatic heterocycles. The highest BCUT2D eigenvalue weighted by molar-refractivity contribution is 6.35. The second-order valence-electron chi connectivity index (χ2n) is 13.9. The Balaban J connectivity index is 1.14. The third-order valence-corrected chi connectivity index (χ3v) is 9.58. The van der Waals surface area contributed by atoms with Crippen LogP contribution in [-0.2, 0) is 20.8 Å². The van der Waals surface area contributed by atoms with Gasteiger partial charge in [0.15, 0.2) is 5.75 Å². The summed E-state index contributed by atoms with van der Waals surface area (Å²) in [5, 5.41) is 1.04. The topological polar surface area (TPSA) is 110 Å². The van der Waals surface area contributed by atoms with Crippen LogP contribution in [0, 0.1) is 17.8 Å². The van der Waals surface area contributed by atoms with Crippen LogP contribution < -0.4 is 9.64 Å². The monoisotopic (exact) mass is 710 g/mol. The molecule has 2 saturated heterocycles. The lowest BCUT2D eigenvalue weighted by Crippen LogP contribution is -2.39. The Morgan fingerprint density at radius 2 is 1.59 bits per heavy atom. The molecule has 13 heteroatoms. The van der Waals surface area contributed by atoms with Crippen LogP contribution in [0.3, 0.4) is 0 Å². The van der Waals surface area contributed by atoms with E-state index in [0.717, 1.165) is 50.0 Å². The minimum absolute atomic E-state index is 0.0417. The molecular weight excluding hydrogens is 667 g/mol. The van der Waals surface area contributed by atoms with Crippen molar-refractivity contribution < 1.29 is 23.8 Å². The molecule has 11 nitrogen and oxygen atoms in total. The number of rotatable bonds is 8. The summed E-state index contributed by atoms with van der Waals surface area (Å²) in [7, 11) is 0. The van der Waals surface area contributed by atoms with Crippen molar-refractivity contribution >= 4 is 41.2 Å². The highest BCUT2D eigenvalue weighted by Crippen LogP contribution is 2.53. The highest BCUT2D eigenvalue weighted by Gasteiger charge is 2.55. The van der Waals surface area contributed by atoms with Crippen molar-refractivity contribution in [3.8, 4) is 22.9 Å². The van der Waals surface area contributed by atoms with Gasteiger partial charge in [0.25, 0.3) is 0 Å². The molecule has 0 unspecified atom stereocenters. The van der Waals surface area contributed by atoms with Crippen LogP contribution in [0.4, 0.5) is 10.7 Å². The molecule has 3 aliphatic rings. The molecule has 0 spiro atoms. The first-order chi connectivity index (χ1) is 23.5. The van der Waals surface area contributed by atoms with Crippen LogP contribution in [0.1, 0.15) is 52.5 Å². The van der Waals surface area contributed by atoms with Crippen molar-refractivity contribution in [1.29, 1.82) is 0 Å². The lowest BCUT2D eigenvalue weighted by molar-refractivity contribution is -0.145. The SMILES string of the molecule is CCOC(=O)[C@H]1[C@@H]2CCN(Cc3cc(Oc4cnc(N5CCCN(C(=O)OC(C)(C)C)CC5)nc4)nc(-c4cc(Cl)cc(Cl)c4)c3)CC[C@@H]21. The first-order valence-corrected chi connectivity index (χ1v) is 17.8.